The first-order chi connectivity index (χ1) is 8.72. The molecule has 100 valence electrons. The molecule has 0 spiro atoms. The Bertz CT molecular complexity index is 365. The maximum absolute atomic E-state index is 11.7. The van der Waals surface area contributed by atoms with Gasteiger partial charge in [0.1, 0.15) is 0 Å². The van der Waals surface area contributed by atoms with E-state index in [9.17, 15) is 4.79 Å². The van der Waals surface area contributed by atoms with Crippen LogP contribution in [0.2, 0.25) is 0 Å². The molecule has 0 atom stereocenters. The fourth-order valence-electron chi connectivity index (χ4n) is 1.60. The van der Waals surface area contributed by atoms with E-state index < -0.39 is 0 Å². The summed E-state index contributed by atoms with van der Waals surface area (Å²) in [5.74, 6) is 1.09. The van der Waals surface area contributed by atoms with E-state index in [1.807, 2.05) is 0 Å². The third kappa shape index (κ3) is 3.95. The third-order valence-corrected chi connectivity index (χ3v) is 2.58. The van der Waals surface area contributed by atoms with E-state index in [1.54, 1.807) is 18.2 Å². The number of unbranched alkanes of at least 4 members (excludes halogenated alkanes) is 2. The van der Waals surface area contributed by atoms with Gasteiger partial charge in [-0.2, -0.15) is 0 Å². The highest BCUT2D eigenvalue weighted by atomic mass is 16.6. The van der Waals surface area contributed by atoms with Crippen molar-refractivity contribution >= 4 is 5.97 Å². The van der Waals surface area contributed by atoms with Gasteiger partial charge in [-0.3, -0.25) is 4.79 Å². The first-order valence-electron chi connectivity index (χ1n) is 6.14. The summed E-state index contributed by atoms with van der Waals surface area (Å²) in [7, 11) is 3.06. The van der Waals surface area contributed by atoms with Crippen LogP contribution < -0.4 is 14.2 Å². The first kappa shape index (κ1) is 14.4. The summed E-state index contributed by atoms with van der Waals surface area (Å²) in [4.78, 5) is 11.7. The predicted molar refractivity (Wildman–Crippen MR) is 69.3 cm³/mol. The highest BCUT2D eigenvalue weighted by Crippen LogP contribution is 2.37. The van der Waals surface area contributed by atoms with E-state index in [0.29, 0.717) is 23.7 Å². The van der Waals surface area contributed by atoms with Gasteiger partial charge in [0.15, 0.2) is 11.5 Å². The van der Waals surface area contributed by atoms with Crippen molar-refractivity contribution in [3.63, 3.8) is 0 Å². The van der Waals surface area contributed by atoms with Crippen molar-refractivity contribution < 1.29 is 19.0 Å². The second kappa shape index (κ2) is 7.58. The van der Waals surface area contributed by atoms with Gasteiger partial charge in [0.05, 0.1) is 14.2 Å². The average molecular weight is 252 g/mol. The van der Waals surface area contributed by atoms with Crippen LogP contribution in [0.15, 0.2) is 18.2 Å². The fourth-order valence-corrected chi connectivity index (χ4v) is 1.60. The quantitative estimate of drug-likeness (QED) is 0.424. The molecule has 18 heavy (non-hydrogen) atoms. The Morgan fingerprint density at radius 3 is 2.22 bits per heavy atom. The Morgan fingerprint density at radius 1 is 1.11 bits per heavy atom. The SMILES string of the molecule is CCCCCC(=O)Oc1c(OC)cccc1OC. The number of rotatable bonds is 7. The zero-order valence-electron chi connectivity index (χ0n) is 11.2. The van der Waals surface area contributed by atoms with E-state index in [0.717, 1.165) is 19.3 Å². The first-order valence-corrected chi connectivity index (χ1v) is 6.14. The number of benzene rings is 1. The lowest BCUT2D eigenvalue weighted by atomic mass is 10.2. The summed E-state index contributed by atoms with van der Waals surface area (Å²) in [6, 6.07) is 5.25. The molecule has 1 aromatic carbocycles. The van der Waals surface area contributed by atoms with E-state index in [1.165, 1.54) is 14.2 Å². The van der Waals surface area contributed by atoms with E-state index in [4.69, 9.17) is 14.2 Å². The number of hydrogen-bond acceptors (Lipinski definition) is 4. The van der Waals surface area contributed by atoms with Gasteiger partial charge in [0.2, 0.25) is 5.75 Å². The molecule has 0 fully saturated rings. The molecule has 1 rings (SSSR count). The lowest BCUT2D eigenvalue weighted by molar-refractivity contribution is -0.134. The molecule has 0 N–H and O–H groups in total. The topological polar surface area (TPSA) is 44.8 Å². The molecule has 0 radical (unpaired) electrons. The maximum atomic E-state index is 11.7. The molecule has 4 nitrogen and oxygen atoms in total. The number of hydrogen-bond donors (Lipinski definition) is 0. The summed E-state index contributed by atoms with van der Waals surface area (Å²) in [5.41, 5.74) is 0. The Labute approximate surface area is 108 Å². The van der Waals surface area contributed by atoms with Crippen molar-refractivity contribution in [1.82, 2.24) is 0 Å². The minimum absolute atomic E-state index is 0.258. The van der Waals surface area contributed by atoms with E-state index in [2.05, 4.69) is 6.92 Å². The van der Waals surface area contributed by atoms with Gasteiger partial charge in [0.25, 0.3) is 0 Å². The molecule has 0 aromatic heterocycles. The number of carbonyl (C=O) groups excluding carboxylic acids is 1. The van der Waals surface area contributed by atoms with Crippen LogP contribution in [0.3, 0.4) is 0 Å². The molecule has 0 amide bonds. The van der Waals surface area contributed by atoms with Crippen LogP contribution in [0.5, 0.6) is 17.2 Å². The molecule has 4 heteroatoms. The van der Waals surface area contributed by atoms with Crippen LogP contribution in [0.25, 0.3) is 0 Å². The fraction of sp³-hybridized carbons (Fsp3) is 0.500. The van der Waals surface area contributed by atoms with Crippen molar-refractivity contribution in [2.24, 2.45) is 0 Å². The van der Waals surface area contributed by atoms with Crippen molar-refractivity contribution in [2.45, 2.75) is 32.6 Å². The Balaban J connectivity index is 2.72. The number of carbonyl (C=O) groups is 1. The molecule has 0 unspecified atom stereocenters. The second-order valence-corrected chi connectivity index (χ2v) is 3.92. The van der Waals surface area contributed by atoms with Gasteiger partial charge in [-0.05, 0) is 18.6 Å². The van der Waals surface area contributed by atoms with Crippen LogP contribution in [0.4, 0.5) is 0 Å². The lowest BCUT2D eigenvalue weighted by Crippen LogP contribution is -2.09. The Kier molecular flexibility index (Phi) is 6.05. The highest BCUT2D eigenvalue weighted by molar-refractivity contribution is 5.74. The monoisotopic (exact) mass is 252 g/mol. The van der Waals surface area contributed by atoms with Crippen LogP contribution in [0.1, 0.15) is 32.6 Å². The van der Waals surface area contributed by atoms with Crippen molar-refractivity contribution in [3.8, 4) is 17.2 Å². The summed E-state index contributed by atoms with van der Waals surface area (Å²) >= 11 is 0. The zero-order chi connectivity index (χ0) is 13.4. The van der Waals surface area contributed by atoms with Crippen LogP contribution >= 0.6 is 0 Å². The molecule has 0 aliphatic carbocycles. The van der Waals surface area contributed by atoms with E-state index in [-0.39, 0.29) is 5.97 Å². The van der Waals surface area contributed by atoms with Crippen molar-refractivity contribution in [2.75, 3.05) is 14.2 Å². The molecule has 0 saturated carbocycles. The largest absolute Gasteiger partial charge is 0.493 e. The normalized spacial score (nSPS) is 9.94. The third-order valence-electron chi connectivity index (χ3n) is 2.58. The lowest BCUT2D eigenvalue weighted by Gasteiger charge is -2.12. The number of ether oxygens (including phenoxy) is 3. The summed E-state index contributed by atoms with van der Waals surface area (Å²) in [6.45, 7) is 2.09. The van der Waals surface area contributed by atoms with Gasteiger partial charge >= 0.3 is 5.97 Å². The second-order valence-electron chi connectivity index (χ2n) is 3.92. The van der Waals surface area contributed by atoms with Gasteiger partial charge in [-0.1, -0.05) is 25.8 Å². The molecule has 1 aromatic rings. The molecule has 0 aliphatic rings. The van der Waals surface area contributed by atoms with Crippen molar-refractivity contribution in [1.29, 1.82) is 0 Å². The highest BCUT2D eigenvalue weighted by Gasteiger charge is 2.15. The van der Waals surface area contributed by atoms with Gasteiger partial charge in [-0.15, -0.1) is 0 Å². The molecule has 0 bridgehead atoms. The Hall–Kier alpha value is -1.71. The average Bonchev–Trinajstić information content (AvgIpc) is 2.39. The minimum atomic E-state index is -0.258. The van der Waals surface area contributed by atoms with Crippen LogP contribution in [0, 0.1) is 0 Å². The summed E-state index contributed by atoms with van der Waals surface area (Å²) in [5, 5.41) is 0. The summed E-state index contributed by atoms with van der Waals surface area (Å²) in [6.07, 6.45) is 3.35. The van der Waals surface area contributed by atoms with Gasteiger partial charge in [0, 0.05) is 6.42 Å². The van der Waals surface area contributed by atoms with Crippen LogP contribution in [-0.2, 0) is 4.79 Å². The number of para-hydroxylation sites is 1. The van der Waals surface area contributed by atoms with Crippen LogP contribution in [-0.4, -0.2) is 20.2 Å². The molecular weight excluding hydrogens is 232 g/mol. The predicted octanol–water partition coefficient (Wildman–Crippen LogP) is 3.19. The molecular formula is C14H20O4. The summed E-state index contributed by atoms with van der Waals surface area (Å²) < 4.78 is 15.6. The standard InChI is InChI=1S/C14H20O4/c1-4-5-6-10-13(15)18-14-11(16-2)8-7-9-12(14)17-3/h7-9H,4-6,10H2,1-3H3. The number of methoxy groups -OCH3 is 2. The van der Waals surface area contributed by atoms with Gasteiger partial charge < -0.3 is 14.2 Å². The van der Waals surface area contributed by atoms with Gasteiger partial charge in [-0.25, -0.2) is 0 Å². The minimum Gasteiger partial charge on any atom is -0.493 e. The molecule has 0 aliphatic heterocycles. The smallest absolute Gasteiger partial charge is 0.311 e. The number of esters is 1. The molecule has 0 heterocycles. The molecule has 0 saturated heterocycles. The zero-order valence-corrected chi connectivity index (χ0v) is 11.2. The van der Waals surface area contributed by atoms with Crippen molar-refractivity contribution in [3.05, 3.63) is 18.2 Å². The Morgan fingerprint density at radius 2 is 1.72 bits per heavy atom. The van der Waals surface area contributed by atoms with E-state index >= 15 is 0 Å². The maximum Gasteiger partial charge on any atom is 0.311 e.